The molecule has 3 atom stereocenters. The Morgan fingerprint density at radius 2 is 2.07 bits per heavy atom. The van der Waals surface area contributed by atoms with E-state index in [0.717, 1.165) is 55.5 Å². The van der Waals surface area contributed by atoms with Crippen LogP contribution in [0, 0.1) is 0 Å². The highest BCUT2D eigenvalue weighted by Gasteiger charge is 2.47. The molecular weight excluding hydrogens is 364 g/mol. The molecule has 29 heavy (non-hydrogen) atoms. The lowest BCUT2D eigenvalue weighted by atomic mass is 9.76. The molecule has 1 saturated carbocycles. The molecule has 0 bridgehead atoms. The number of hydrogen-bond donors (Lipinski definition) is 0. The Labute approximate surface area is 173 Å². The number of carbonyl (C=O) groups excluding carboxylic acids is 1. The molecule has 1 aromatic carbocycles. The number of furan rings is 1. The van der Waals surface area contributed by atoms with Crippen molar-refractivity contribution in [1.29, 1.82) is 0 Å². The Balaban J connectivity index is 1.34. The molecule has 2 aromatic rings. The monoisotopic (exact) mass is 396 g/mol. The van der Waals surface area contributed by atoms with Crippen molar-refractivity contribution in [3.63, 3.8) is 0 Å². The number of rotatable bonds is 4. The minimum absolute atomic E-state index is 0.0655. The number of likely N-dealkylation sites (N-methyl/N-ethyl adjacent to an activating group) is 1. The van der Waals surface area contributed by atoms with E-state index >= 15 is 0 Å². The third kappa shape index (κ3) is 3.59. The lowest BCUT2D eigenvalue weighted by Crippen LogP contribution is -2.58. The molecule has 1 spiro atoms. The van der Waals surface area contributed by atoms with Crippen molar-refractivity contribution in [2.24, 2.45) is 0 Å². The van der Waals surface area contributed by atoms with Crippen LogP contribution in [0.4, 0.5) is 0 Å². The van der Waals surface area contributed by atoms with Gasteiger partial charge in [-0.25, -0.2) is 0 Å². The lowest BCUT2D eigenvalue weighted by molar-refractivity contribution is -0.136. The molecular formula is C24H32N2O3. The molecule has 5 rings (SSSR count). The summed E-state index contributed by atoms with van der Waals surface area (Å²) in [6.45, 7) is 3.22. The molecule has 5 heteroatoms. The van der Waals surface area contributed by atoms with E-state index in [1.54, 1.807) is 6.26 Å². The molecule has 3 heterocycles. The zero-order valence-electron chi connectivity index (χ0n) is 17.4. The van der Waals surface area contributed by atoms with Crippen LogP contribution in [-0.2, 0) is 16.0 Å². The molecule has 0 radical (unpaired) electrons. The summed E-state index contributed by atoms with van der Waals surface area (Å²) < 4.78 is 11.8. The number of nitrogens with zero attached hydrogens (tertiary/aromatic N) is 2. The molecule has 3 aliphatic rings. The van der Waals surface area contributed by atoms with Gasteiger partial charge in [-0.1, -0.05) is 12.1 Å². The van der Waals surface area contributed by atoms with E-state index in [1.165, 1.54) is 25.7 Å². The molecule has 2 saturated heterocycles. The van der Waals surface area contributed by atoms with Crippen LogP contribution in [0.1, 0.15) is 50.5 Å². The van der Waals surface area contributed by atoms with Crippen LogP contribution in [0.3, 0.4) is 0 Å². The van der Waals surface area contributed by atoms with E-state index in [-0.39, 0.29) is 17.6 Å². The smallest absolute Gasteiger partial charge is 0.227 e. The predicted molar refractivity (Wildman–Crippen MR) is 113 cm³/mol. The molecule has 5 nitrogen and oxygen atoms in total. The summed E-state index contributed by atoms with van der Waals surface area (Å²) in [7, 11) is 2.01. The van der Waals surface area contributed by atoms with E-state index in [9.17, 15) is 4.79 Å². The van der Waals surface area contributed by atoms with Gasteiger partial charge in [0, 0.05) is 31.1 Å². The first kappa shape index (κ1) is 19.1. The van der Waals surface area contributed by atoms with Crippen molar-refractivity contribution < 1.29 is 13.9 Å². The third-order valence-corrected chi connectivity index (χ3v) is 7.53. The SMILES string of the molecule is CN(C(=O)Cc1cccc2occc12)[C@H]1CC[C@@]2(CCCO2)C[C@H]1N1CCCC1. The Bertz CT molecular complexity index is 864. The molecule has 1 aromatic heterocycles. The maximum absolute atomic E-state index is 13.3. The van der Waals surface area contributed by atoms with E-state index in [2.05, 4.69) is 4.90 Å². The fourth-order valence-electron chi connectivity index (χ4n) is 5.92. The average Bonchev–Trinajstić information content (AvgIpc) is 3.49. The zero-order chi connectivity index (χ0) is 19.8. The maximum atomic E-state index is 13.3. The highest BCUT2D eigenvalue weighted by atomic mass is 16.5. The molecule has 3 fully saturated rings. The van der Waals surface area contributed by atoms with Crippen molar-refractivity contribution in [1.82, 2.24) is 9.80 Å². The van der Waals surface area contributed by atoms with E-state index in [0.29, 0.717) is 12.5 Å². The van der Waals surface area contributed by atoms with Crippen molar-refractivity contribution in [3.8, 4) is 0 Å². The normalized spacial score (nSPS) is 30.4. The van der Waals surface area contributed by atoms with E-state index in [4.69, 9.17) is 9.15 Å². The predicted octanol–water partition coefficient (Wildman–Crippen LogP) is 4.00. The largest absolute Gasteiger partial charge is 0.464 e. The van der Waals surface area contributed by atoms with Crippen molar-refractivity contribution >= 4 is 16.9 Å². The maximum Gasteiger partial charge on any atom is 0.227 e. The first-order valence-electron chi connectivity index (χ1n) is 11.2. The molecule has 1 amide bonds. The van der Waals surface area contributed by atoms with Crippen molar-refractivity contribution in [2.45, 2.75) is 69.1 Å². The van der Waals surface area contributed by atoms with Gasteiger partial charge in [-0.15, -0.1) is 0 Å². The molecule has 1 aliphatic carbocycles. The summed E-state index contributed by atoms with van der Waals surface area (Å²) in [6.07, 6.45) is 10.2. The van der Waals surface area contributed by atoms with Crippen molar-refractivity contribution in [2.75, 3.05) is 26.7 Å². The fraction of sp³-hybridized carbons (Fsp3) is 0.625. The summed E-state index contributed by atoms with van der Waals surface area (Å²) in [5.74, 6) is 0.205. The Kier molecular flexibility index (Phi) is 5.12. The van der Waals surface area contributed by atoms with Crippen LogP contribution in [0.25, 0.3) is 11.0 Å². The van der Waals surface area contributed by atoms with Gasteiger partial charge in [-0.3, -0.25) is 9.69 Å². The van der Waals surface area contributed by atoms with Crippen LogP contribution < -0.4 is 0 Å². The number of carbonyl (C=O) groups is 1. The van der Waals surface area contributed by atoms with Gasteiger partial charge in [0.1, 0.15) is 5.58 Å². The second-order valence-corrected chi connectivity index (χ2v) is 9.19. The lowest BCUT2D eigenvalue weighted by Gasteiger charge is -2.48. The molecule has 156 valence electrons. The Morgan fingerprint density at radius 3 is 2.86 bits per heavy atom. The first-order chi connectivity index (χ1) is 14.2. The minimum Gasteiger partial charge on any atom is -0.464 e. The van der Waals surface area contributed by atoms with Gasteiger partial charge in [0.15, 0.2) is 0 Å². The van der Waals surface area contributed by atoms with Gasteiger partial charge < -0.3 is 14.1 Å². The van der Waals surface area contributed by atoms with Gasteiger partial charge in [0.2, 0.25) is 5.91 Å². The van der Waals surface area contributed by atoms with Crippen LogP contribution >= 0.6 is 0 Å². The van der Waals surface area contributed by atoms with Gasteiger partial charge in [-0.05, 0) is 75.7 Å². The first-order valence-corrected chi connectivity index (χ1v) is 11.2. The molecule has 2 aliphatic heterocycles. The minimum atomic E-state index is 0.0655. The second-order valence-electron chi connectivity index (χ2n) is 9.19. The highest BCUT2D eigenvalue weighted by Crippen LogP contribution is 2.43. The quantitative estimate of drug-likeness (QED) is 0.784. The standard InChI is InChI=1S/C24H32N2O3/c1-25(23(27)16-18-6-4-7-22-19(18)9-15-28-22)20-8-11-24(10-5-14-29-24)17-21(20)26-12-2-3-13-26/h4,6-7,9,15,20-21H,2-3,5,8,10-14,16-17H2,1H3/t20-,21+,24-/m0/s1. The molecule has 0 N–H and O–H groups in total. The molecule has 0 unspecified atom stereocenters. The summed E-state index contributed by atoms with van der Waals surface area (Å²) in [4.78, 5) is 18.0. The van der Waals surface area contributed by atoms with Gasteiger partial charge in [0.25, 0.3) is 0 Å². The highest BCUT2D eigenvalue weighted by molar-refractivity contribution is 5.87. The number of benzene rings is 1. The number of ether oxygens (including phenoxy) is 1. The van der Waals surface area contributed by atoms with Crippen LogP contribution in [0.2, 0.25) is 0 Å². The summed E-state index contributed by atoms with van der Waals surface area (Å²) >= 11 is 0. The average molecular weight is 397 g/mol. The van der Waals surface area contributed by atoms with E-state index < -0.39 is 0 Å². The number of amides is 1. The zero-order valence-corrected chi connectivity index (χ0v) is 17.4. The number of likely N-dealkylation sites (tertiary alicyclic amines) is 1. The van der Waals surface area contributed by atoms with Crippen molar-refractivity contribution in [3.05, 3.63) is 36.1 Å². The Morgan fingerprint density at radius 1 is 1.21 bits per heavy atom. The van der Waals surface area contributed by atoms with Crippen LogP contribution in [0.15, 0.2) is 34.9 Å². The summed E-state index contributed by atoms with van der Waals surface area (Å²) in [5, 5.41) is 1.05. The third-order valence-electron chi connectivity index (χ3n) is 7.53. The number of fused-ring (bicyclic) bond motifs is 1. The van der Waals surface area contributed by atoms with Gasteiger partial charge >= 0.3 is 0 Å². The van der Waals surface area contributed by atoms with Gasteiger partial charge in [-0.2, -0.15) is 0 Å². The summed E-state index contributed by atoms with van der Waals surface area (Å²) in [5.41, 5.74) is 1.97. The second kappa shape index (κ2) is 7.77. The fourth-order valence-corrected chi connectivity index (χ4v) is 5.92. The van der Waals surface area contributed by atoms with E-state index in [1.807, 2.05) is 36.2 Å². The van der Waals surface area contributed by atoms with Gasteiger partial charge in [0.05, 0.1) is 18.3 Å². The topological polar surface area (TPSA) is 45.9 Å². The Hall–Kier alpha value is -1.85. The summed E-state index contributed by atoms with van der Waals surface area (Å²) in [6, 6.07) is 8.64. The number of hydrogen-bond acceptors (Lipinski definition) is 4. The van der Waals surface area contributed by atoms with Crippen LogP contribution in [0.5, 0.6) is 0 Å². The van der Waals surface area contributed by atoms with Crippen LogP contribution in [-0.4, -0.2) is 60.1 Å².